The lowest BCUT2D eigenvalue weighted by Crippen LogP contribution is -2.40. The summed E-state index contributed by atoms with van der Waals surface area (Å²) in [6, 6.07) is 18.1. The molecule has 0 spiro atoms. The highest BCUT2D eigenvalue weighted by atomic mass is 35.5. The minimum atomic E-state index is 0.0675. The zero-order valence-electron chi connectivity index (χ0n) is 17.9. The first-order valence-electron chi connectivity index (χ1n) is 10.5. The number of rotatable bonds is 7. The van der Waals surface area contributed by atoms with E-state index in [1.807, 2.05) is 37.4 Å². The highest BCUT2D eigenvalue weighted by molar-refractivity contribution is 6.30. The molecule has 2 aromatic heterocycles. The van der Waals surface area contributed by atoms with Crippen LogP contribution in [0, 0.1) is 0 Å². The van der Waals surface area contributed by atoms with E-state index in [-0.39, 0.29) is 6.04 Å². The molecule has 0 bridgehead atoms. The van der Waals surface area contributed by atoms with Crippen molar-refractivity contribution < 1.29 is 9.47 Å². The molecule has 0 saturated carbocycles. The molecule has 8 heteroatoms. The number of aromatic nitrogens is 3. The zero-order valence-corrected chi connectivity index (χ0v) is 18.6. The Bertz CT molecular complexity index is 1220. The molecule has 32 heavy (non-hydrogen) atoms. The van der Waals surface area contributed by atoms with Gasteiger partial charge in [0.1, 0.15) is 5.75 Å². The first kappa shape index (κ1) is 20.6. The number of ether oxygens (including phenoxy) is 2. The quantitative estimate of drug-likeness (QED) is 0.393. The van der Waals surface area contributed by atoms with Gasteiger partial charge in [-0.25, -0.2) is 9.97 Å². The van der Waals surface area contributed by atoms with Crippen molar-refractivity contribution in [2.24, 2.45) is 7.05 Å². The summed E-state index contributed by atoms with van der Waals surface area (Å²) in [6.07, 6.45) is 1.56. The number of hydrogen-bond donors (Lipinski definition) is 2. The number of halogens is 1. The van der Waals surface area contributed by atoms with Gasteiger partial charge >= 0.3 is 0 Å². The molecular weight excluding hydrogens is 426 g/mol. The molecule has 1 aliphatic heterocycles. The normalized spacial score (nSPS) is 14.7. The van der Waals surface area contributed by atoms with Gasteiger partial charge in [-0.15, -0.1) is 0 Å². The van der Waals surface area contributed by atoms with E-state index in [0.717, 1.165) is 47.2 Å². The molecule has 1 unspecified atom stereocenters. The minimum Gasteiger partial charge on any atom is -0.439 e. The first-order chi connectivity index (χ1) is 15.5. The van der Waals surface area contributed by atoms with Crippen molar-refractivity contribution in [3.05, 3.63) is 71.4 Å². The molecular formula is C24H24ClN5O2. The molecule has 1 fully saturated rings. The number of anilines is 2. The summed E-state index contributed by atoms with van der Waals surface area (Å²) in [5.74, 6) is 2.05. The molecule has 1 atom stereocenters. The predicted molar refractivity (Wildman–Crippen MR) is 127 cm³/mol. The largest absolute Gasteiger partial charge is 0.439 e. The van der Waals surface area contributed by atoms with Crippen molar-refractivity contribution in [3.63, 3.8) is 0 Å². The maximum atomic E-state index is 5.87. The summed E-state index contributed by atoms with van der Waals surface area (Å²) >= 11 is 5.87. The highest BCUT2D eigenvalue weighted by Crippen LogP contribution is 2.27. The third-order valence-electron chi connectivity index (χ3n) is 5.54. The summed E-state index contributed by atoms with van der Waals surface area (Å²) in [5, 5.41) is 7.59. The molecule has 1 aliphatic rings. The third kappa shape index (κ3) is 4.35. The van der Waals surface area contributed by atoms with Crippen LogP contribution in [0.4, 0.5) is 11.6 Å². The van der Waals surface area contributed by atoms with Gasteiger partial charge in [-0.05, 0) is 48.9 Å². The van der Waals surface area contributed by atoms with Crippen LogP contribution in [-0.2, 0) is 11.8 Å². The number of hydrogen-bond acceptors (Lipinski definition) is 6. The summed E-state index contributed by atoms with van der Waals surface area (Å²) < 4.78 is 13.1. The molecule has 164 valence electrons. The van der Waals surface area contributed by atoms with Crippen molar-refractivity contribution >= 4 is 34.3 Å². The Hall–Kier alpha value is -3.29. The van der Waals surface area contributed by atoms with Gasteiger partial charge in [0, 0.05) is 25.0 Å². The molecule has 0 aliphatic carbocycles. The van der Waals surface area contributed by atoms with Crippen LogP contribution in [0.3, 0.4) is 0 Å². The average molecular weight is 450 g/mol. The van der Waals surface area contributed by atoms with Gasteiger partial charge in [0.25, 0.3) is 0 Å². The van der Waals surface area contributed by atoms with Crippen LogP contribution in [0.2, 0.25) is 5.02 Å². The Balaban J connectivity index is 1.27. The summed E-state index contributed by atoms with van der Waals surface area (Å²) in [7, 11) is 2.02. The van der Waals surface area contributed by atoms with Gasteiger partial charge in [-0.2, -0.15) is 0 Å². The number of aryl methyl sites for hydroxylation is 1. The van der Waals surface area contributed by atoms with Gasteiger partial charge in [-0.1, -0.05) is 23.7 Å². The monoisotopic (exact) mass is 449 g/mol. The van der Waals surface area contributed by atoms with Crippen LogP contribution in [0.25, 0.3) is 11.0 Å². The van der Waals surface area contributed by atoms with Crippen molar-refractivity contribution in [2.75, 3.05) is 23.8 Å². The smallest absolute Gasteiger partial charge is 0.219 e. The Labute approximate surface area is 191 Å². The fourth-order valence-corrected chi connectivity index (χ4v) is 3.72. The van der Waals surface area contributed by atoms with Crippen molar-refractivity contribution in [1.82, 2.24) is 14.5 Å². The predicted octanol–water partition coefficient (Wildman–Crippen LogP) is 5.40. The average Bonchev–Trinajstić information content (AvgIpc) is 3.08. The molecule has 4 aromatic rings. The maximum Gasteiger partial charge on any atom is 0.219 e. The minimum absolute atomic E-state index is 0.0675. The molecule has 2 N–H and O–H groups in total. The van der Waals surface area contributed by atoms with Crippen LogP contribution >= 0.6 is 11.6 Å². The van der Waals surface area contributed by atoms with Crippen LogP contribution in [0.1, 0.15) is 18.5 Å². The second-order valence-electron chi connectivity index (χ2n) is 7.93. The highest BCUT2D eigenvalue weighted by Gasteiger charge is 2.18. The lowest BCUT2D eigenvalue weighted by atomic mass is 10.1. The van der Waals surface area contributed by atoms with Crippen molar-refractivity contribution in [1.29, 1.82) is 0 Å². The molecule has 5 rings (SSSR count). The van der Waals surface area contributed by atoms with E-state index < -0.39 is 0 Å². The molecule has 1 saturated heterocycles. The molecule has 2 aromatic carbocycles. The lowest BCUT2D eigenvalue weighted by molar-refractivity contribution is 0.0211. The Morgan fingerprint density at radius 3 is 2.62 bits per heavy atom. The number of pyridine rings is 1. The standard InChI is InChI=1S/C24H24ClN5O2/c1-15(16-3-7-20(8-4-16)32-23-10-5-17(25)12-26-23)27-24-29-21-9-6-18(11-22(21)30(24)2)28-19-13-31-14-19/h3-12,15,19,28H,13-14H2,1-2H3,(H,27,29). The van der Waals surface area contributed by atoms with E-state index in [4.69, 9.17) is 26.1 Å². The number of imidazole rings is 1. The number of fused-ring (bicyclic) bond motifs is 1. The maximum absolute atomic E-state index is 5.87. The van der Waals surface area contributed by atoms with Gasteiger partial charge in [-0.3, -0.25) is 0 Å². The van der Waals surface area contributed by atoms with Gasteiger partial charge in [0.05, 0.1) is 41.4 Å². The van der Waals surface area contributed by atoms with E-state index >= 15 is 0 Å². The summed E-state index contributed by atoms with van der Waals surface area (Å²) in [6.45, 7) is 3.63. The first-order valence-corrected chi connectivity index (χ1v) is 10.9. The van der Waals surface area contributed by atoms with Gasteiger partial charge < -0.3 is 24.7 Å². The van der Waals surface area contributed by atoms with Crippen molar-refractivity contribution in [2.45, 2.75) is 19.0 Å². The van der Waals surface area contributed by atoms with Crippen LogP contribution in [0.5, 0.6) is 11.6 Å². The molecule has 7 nitrogen and oxygen atoms in total. The number of benzene rings is 2. The van der Waals surface area contributed by atoms with E-state index in [2.05, 4.69) is 39.2 Å². The van der Waals surface area contributed by atoms with E-state index in [1.165, 1.54) is 0 Å². The molecule has 0 amide bonds. The van der Waals surface area contributed by atoms with E-state index in [1.54, 1.807) is 18.3 Å². The Morgan fingerprint density at radius 2 is 1.94 bits per heavy atom. The molecule has 3 heterocycles. The zero-order chi connectivity index (χ0) is 22.1. The van der Waals surface area contributed by atoms with Crippen LogP contribution < -0.4 is 15.4 Å². The fourth-order valence-electron chi connectivity index (χ4n) is 3.61. The fraction of sp³-hybridized carbons (Fsp3) is 0.250. The summed E-state index contributed by atoms with van der Waals surface area (Å²) in [5.41, 5.74) is 4.24. The Kier molecular flexibility index (Phi) is 5.59. The number of nitrogens with zero attached hydrogens (tertiary/aromatic N) is 3. The van der Waals surface area contributed by atoms with Gasteiger partial charge in [0.2, 0.25) is 11.8 Å². The van der Waals surface area contributed by atoms with Crippen LogP contribution in [0.15, 0.2) is 60.8 Å². The van der Waals surface area contributed by atoms with E-state index in [9.17, 15) is 0 Å². The topological polar surface area (TPSA) is 73.2 Å². The molecule has 0 radical (unpaired) electrons. The number of nitrogens with one attached hydrogen (secondary N) is 2. The third-order valence-corrected chi connectivity index (χ3v) is 5.76. The second kappa shape index (κ2) is 8.68. The van der Waals surface area contributed by atoms with E-state index in [0.29, 0.717) is 16.9 Å². The van der Waals surface area contributed by atoms with Gasteiger partial charge in [0.15, 0.2) is 0 Å². The van der Waals surface area contributed by atoms with Crippen molar-refractivity contribution in [3.8, 4) is 11.6 Å². The second-order valence-corrected chi connectivity index (χ2v) is 8.36. The SMILES string of the molecule is CC(Nc1nc2ccc(NC3COC3)cc2n1C)c1ccc(Oc2ccc(Cl)cn2)cc1. The summed E-state index contributed by atoms with van der Waals surface area (Å²) in [4.78, 5) is 8.93. The lowest BCUT2D eigenvalue weighted by Gasteiger charge is -2.27. The van der Waals surface area contributed by atoms with Crippen LogP contribution in [-0.4, -0.2) is 33.8 Å². The Morgan fingerprint density at radius 1 is 1.12 bits per heavy atom.